The molecule has 8 heteroatoms. The third kappa shape index (κ3) is 4.26. The third-order valence-electron chi connectivity index (χ3n) is 5.75. The molecule has 0 spiro atoms. The zero-order chi connectivity index (χ0) is 23.7. The first-order chi connectivity index (χ1) is 15.8. The minimum atomic E-state index is -0.467. The molecule has 1 aromatic carbocycles. The number of thiophene rings is 1. The Morgan fingerprint density at radius 3 is 2.55 bits per heavy atom. The van der Waals surface area contributed by atoms with Gasteiger partial charge in [-0.1, -0.05) is 30.3 Å². The van der Waals surface area contributed by atoms with E-state index in [1.165, 1.54) is 10.9 Å². The molecule has 0 amide bonds. The van der Waals surface area contributed by atoms with E-state index in [-0.39, 0.29) is 24.5 Å². The Balaban J connectivity index is 1.64. The number of hydrogen-bond acceptors (Lipinski definition) is 6. The molecule has 0 radical (unpaired) electrons. The molecule has 0 N–H and O–H groups in total. The van der Waals surface area contributed by atoms with Crippen LogP contribution >= 0.6 is 11.3 Å². The number of esters is 1. The van der Waals surface area contributed by atoms with Gasteiger partial charge in [-0.2, -0.15) is 0 Å². The van der Waals surface area contributed by atoms with Crippen LogP contribution in [0.5, 0.6) is 0 Å². The van der Waals surface area contributed by atoms with Gasteiger partial charge in [0, 0.05) is 23.5 Å². The number of ether oxygens (including phenoxy) is 1. The molecule has 3 heterocycles. The van der Waals surface area contributed by atoms with E-state index in [0.29, 0.717) is 32.8 Å². The number of benzene rings is 1. The Morgan fingerprint density at radius 1 is 1.12 bits per heavy atom. The number of hydrogen-bond donors (Lipinski definition) is 0. The molecule has 0 saturated heterocycles. The average Bonchev–Trinajstić information content (AvgIpc) is 3.28. The van der Waals surface area contributed by atoms with Gasteiger partial charge in [0.15, 0.2) is 5.78 Å². The maximum Gasteiger partial charge on any atom is 0.348 e. The second kappa shape index (κ2) is 9.15. The van der Waals surface area contributed by atoms with Crippen molar-refractivity contribution in [1.29, 1.82) is 0 Å². The lowest BCUT2D eigenvalue weighted by atomic mass is 10.1. The van der Waals surface area contributed by atoms with Crippen molar-refractivity contribution >= 4 is 33.3 Å². The van der Waals surface area contributed by atoms with Crippen LogP contribution in [0.4, 0.5) is 0 Å². The number of Topliss-reactive ketones (excluding diaryl/α,β-unsaturated/α-hetero) is 1. The highest BCUT2D eigenvalue weighted by Crippen LogP contribution is 2.27. The van der Waals surface area contributed by atoms with E-state index in [4.69, 9.17) is 4.74 Å². The van der Waals surface area contributed by atoms with Crippen LogP contribution in [0.25, 0.3) is 10.2 Å². The van der Waals surface area contributed by atoms with Gasteiger partial charge in [-0.25, -0.2) is 9.78 Å². The molecule has 7 nitrogen and oxygen atoms in total. The predicted molar refractivity (Wildman–Crippen MR) is 128 cm³/mol. The summed E-state index contributed by atoms with van der Waals surface area (Å²) in [5.74, 6) is -0.630. The Morgan fingerprint density at radius 2 is 1.85 bits per heavy atom. The molecule has 4 rings (SSSR count). The zero-order valence-electron chi connectivity index (χ0n) is 19.0. The molecule has 170 valence electrons. The van der Waals surface area contributed by atoms with Crippen LogP contribution in [0.3, 0.4) is 0 Å². The van der Waals surface area contributed by atoms with Crippen molar-refractivity contribution in [2.75, 3.05) is 6.61 Å². The lowest BCUT2D eigenvalue weighted by Gasteiger charge is -2.10. The molecular weight excluding hydrogens is 438 g/mol. The van der Waals surface area contributed by atoms with Gasteiger partial charge < -0.3 is 9.30 Å². The first-order valence-electron chi connectivity index (χ1n) is 10.7. The van der Waals surface area contributed by atoms with Gasteiger partial charge in [0.2, 0.25) is 0 Å². The summed E-state index contributed by atoms with van der Waals surface area (Å²) in [7, 11) is 0. The monoisotopic (exact) mass is 463 g/mol. The molecule has 0 unspecified atom stereocenters. The minimum absolute atomic E-state index is 0.124. The predicted octanol–water partition coefficient (Wildman–Crippen LogP) is 4.29. The second-order valence-electron chi connectivity index (χ2n) is 7.91. The molecule has 0 aliphatic carbocycles. The largest absolute Gasteiger partial charge is 0.462 e. The number of nitrogens with zero attached hydrogens (tertiary/aromatic N) is 3. The van der Waals surface area contributed by atoms with Gasteiger partial charge >= 0.3 is 5.97 Å². The Kier molecular flexibility index (Phi) is 6.29. The third-order valence-corrected chi connectivity index (χ3v) is 6.93. The van der Waals surface area contributed by atoms with Crippen LogP contribution in [0.2, 0.25) is 0 Å². The van der Waals surface area contributed by atoms with Crippen molar-refractivity contribution in [3.63, 3.8) is 0 Å². The zero-order valence-corrected chi connectivity index (χ0v) is 19.9. The molecule has 0 atom stereocenters. The Bertz CT molecular complexity index is 1410. The molecule has 0 saturated carbocycles. The summed E-state index contributed by atoms with van der Waals surface area (Å²) in [4.78, 5) is 43.6. The normalized spacial score (nSPS) is 11.2. The highest BCUT2D eigenvalue weighted by Gasteiger charge is 2.22. The quantitative estimate of drug-likeness (QED) is 0.302. The average molecular weight is 464 g/mol. The lowest BCUT2D eigenvalue weighted by Crippen LogP contribution is -2.25. The number of carbonyl (C=O) groups is 2. The van der Waals surface area contributed by atoms with Crippen molar-refractivity contribution in [2.24, 2.45) is 0 Å². The molecule has 0 aliphatic heterocycles. The SMILES string of the molecule is CCOC(=O)c1sc2ncn(CC(=O)c3cc(C)n(Cc4ccccc4)c3C)c(=O)c2c1C. The summed E-state index contributed by atoms with van der Waals surface area (Å²) < 4.78 is 8.49. The van der Waals surface area contributed by atoms with Crippen LogP contribution in [-0.4, -0.2) is 32.5 Å². The van der Waals surface area contributed by atoms with Gasteiger partial charge in [-0.3, -0.25) is 14.2 Å². The van der Waals surface area contributed by atoms with Gasteiger partial charge in [0.1, 0.15) is 9.71 Å². The number of fused-ring (bicyclic) bond motifs is 1. The van der Waals surface area contributed by atoms with E-state index >= 15 is 0 Å². The fourth-order valence-corrected chi connectivity index (χ4v) is 5.03. The number of aryl methyl sites for hydroxylation is 2. The van der Waals surface area contributed by atoms with Crippen LogP contribution in [0.1, 0.15) is 49.5 Å². The molecule has 0 aliphatic rings. The molecular formula is C25H25N3O4S. The van der Waals surface area contributed by atoms with Crippen molar-refractivity contribution in [1.82, 2.24) is 14.1 Å². The van der Waals surface area contributed by atoms with Crippen molar-refractivity contribution in [2.45, 2.75) is 40.8 Å². The number of rotatable bonds is 7. The van der Waals surface area contributed by atoms with Crippen LogP contribution in [0.15, 0.2) is 47.5 Å². The summed E-state index contributed by atoms with van der Waals surface area (Å²) in [5.41, 5.74) is 3.77. The van der Waals surface area contributed by atoms with Crippen molar-refractivity contribution in [3.8, 4) is 0 Å². The first-order valence-corrected chi connectivity index (χ1v) is 11.5. The van der Waals surface area contributed by atoms with E-state index in [1.807, 2.05) is 38.1 Å². The number of carbonyl (C=O) groups excluding carboxylic acids is 2. The molecule has 0 fully saturated rings. The summed E-state index contributed by atoms with van der Waals surface area (Å²) >= 11 is 1.13. The van der Waals surface area contributed by atoms with Gasteiger partial charge in [-0.05, 0) is 44.9 Å². The van der Waals surface area contributed by atoms with E-state index in [9.17, 15) is 14.4 Å². The minimum Gasteiger partial charge on any atom is -0.462 e. The smallest absolute Gasteiger partial charge is 0.348 e. The summed E-state index contributed by atoms with van der Waals surface area (Å²) in [6, 6.07) is 11.9. The Hall–Kier alpha value is -3.52. The van der Waals surface area contributed by atoms with Gasteiger partial charge in [0.05, 0.1) is 24.9 Å². The number of aromatic nitrogens is 3. The fraction of sp³-hybridized carbons (Fsp3) is 0.280. The highest BCUT2D eigenvalue weighted by atomic mass is 32.1. The maximum absolute atomic E-state index is 13.2. The number of ketones is 1. The van der Waals surface area contributed by atoms with Gasteiger partial charge in [0.25, 0.3) is 5.56 Å². The van der Waals surface area contributed by atoms with E-state index in [2.05, 4.69) is 21.7 Å². The Labute approximate surface area is 195 Å². The van der Waals surface area contributed by atoms with E-state index in [0.717, 1.165) is 28.3 Å². The van der Waals surface area contributed by atoms with Crippen molar-refractivity contribution < 1.29 is 14.3 Å². The van der Waals surface area contributed by atoms with Crippen LogP contribution in [0, 0.1) is 20.8 Å². The molecule has 0 bridgehead atoms. The second-order valence-corrected chi connectivity index (χ2v) is 8.91. The first kappa shape index (κ1) is 22.7. The summed E-state index contributed by atoms with van der Waals surface area (Å²) in [6.45, 7) is 8.12. The molecule has 4 aromatic rings. The van der Waals surface area contributed by atoms with E-state index < -0.39 is 5.97 Å². The topological polar surface area (TPSA) is 83.2 Å². The maximum atomic E-state index is 13.2. The van der Waals surface area contributed by atoms with E-state index in [1.54, 1.807) is 13.8 Å². The van der Waals surface area contributed by atoms with Gasteiger partial charge in [-0.15, -0.1) is 11.3 Å². The fourth-order valence-electron chi connectivity index (χ4n) is 4.00. The summed E-state index contributed by atoms with van der Waals surface area (Å²) in [5, 5.41) is 0.355. The molecule has 3 aromatic heterocycles. The standard InChI is InChI=1S/C25H25N3O4S/c1-5-32-25(31)22-16(3)21-23(33-22)26-14-27(24(21)30)13-20(29)19-11-15(2)28(17(19)4)12-18-9-7-6-8-10-18/h6-11,14H,5,12-13H2,1-4H3. The molecule has 33 heavy (non-hydrogen) atoms. The van der Waals surface area contributed by atoms with Crippen molar-refractivity contribution in [3.05, 3.63) is 86.0 Å². The summed E-state index contributed by atoms with van der Waals surface area (Å²) in [6.07, 6.45) is 1.37. The van der Waals surface area contributed by atoms with Crippen LogP contribution < -0.4 is 5.56 Å². The lowest BCUT2D eigenvalue weighted by molar-refractivity contribution is 0.0531. The van der Waals surface area contributed by atoms with Crippen LogP contribution in [-0.2, 0) is 17.8 Å². The highest BCUT2D eigenvalue weighted by molar-refractivity contribution is 7.20.